The maximum absolute atomic E-state index is 13.6. The highest BCUT2D eigenvalue weighted by Gasteiger charge is 2.14. The van der Waals surface area contributed by atoms with Gasteiger partial charge in [-0.1, -0.05) is 0 Å². The number of benzene rings is 2. The molecule has 3 aromatic rings. The zero-order valence-electron chi connectivity index (χ0n) is 15.4. The molecule has 2 aromatic carbocycles. The van der Waals surface area contributed by atoms with Gasteiger partial charge >= 0.3 is 0 Å². The molecule has 7 nitrogen and oxygen atoms in total. The minimum Gasteiger partial charge on any atom is -0.489 e. The lowest BCUT2D eigenvalue weighted by Crippen LogP contribution is -2.25. The number of rotatable bonds is 7. The van der Waals surface area contributed by atoms with Crippen LogP contribution in [-0.2, 0) is 4.74 Å². The molecule has 0 saturated heterocycles. The van der Waals surface area contributed by atoms with Crippen molar-refractivity contribution in [1.82, 2.24) is 9.78 Å². The Labute approximate surface area is 164 Å². The molecule has 0 spiro atoms. The highest BCUT2D eigenvalue weighted by atomic mass is 19.1. The van der Waals surface area contributed by atoms with Crippen LogP contribution in [0, 0.1) is 11.6 Å². The van der Waals surface area contributed by atoms with Gasteiger partial charge in [0, 0.05) is 19.2 Å². The van der Waals surface area contributed by atoms with Crippen molar-refractivity contribution in [3.05, 3.63) is 82.3 Å². The van der Waals surface area contributed by atoms with Crippen molar-refractivity contribution < 1.29 is 23.0 Å². The minimum absolute atomic E-state index is 0.0963. The monoisotopic (exact) mass is 401 g/mol. The van der Waals surface area contributed by atoms with E-state index < -0.39 is 23.1 Å². The molecule has 0 bridgehead atoms. The molecular weight excluding hydrogens is 384 g/mol. The third-order valence-electron chi connectivity index (χ3n) is 3.84. The van der Waals surface area contributed by atoms with E-state index >= 15 is 0 Å². The van der Waals surface area contributed by atoms with Crippen LogP contribution in [0.3, 0.4) is 0 Å². The van der Waals surface area contributed by atoms with Gasteiger partial charge in [-0.3, -0.25) is 9.59 Å². The lowest BCUT2D eigenvalue weighted by molar-refractivity contribution is 0.101. The van der Waals surface area contributed by atoms with Crippen molar-refractivity contribution >= 4 is 11.6 Å². The average molecular weight is 401 g/mol. The first-order chi connectivity index (χ1) is 14.0. The van der Waals surface area contributed by atoms with E-state index in [0.29, 0.717) is 12.3 Å². The molecule has 0 fully saturated rings. The molecule has 1 aromatic heterocycles. The third-order valence-corrected chi connectivity index (χ3v) is 3.84. The number of hydrogen-bond donors (Lipinski definition) is 1. The fraction of sp³-hybridized carbons (Fsp3) is 0.150. The predicted molar refractivity (Wildman–Crippen MR) is 102 cm³/mol. The Morgan fingerprint density at radius 3 is 2.48 bits per heavy atom. The molecule has 29 heavy (non-hydrogen) atoms. The quantitative estimate of drug-likeness (QED) is 0.616. The Kier molecular flexibility index (Phi) is 6.30. The summed E-state index contributed by atoms with van der Waals surface area (Å²) in [6.45, 7) is 0.521. The number of nitrogens with zero attached hydrogens (tertiary/aromatic N) is 2. The van der Waals surface area contributed by atoms with Gasteiger partial charge in [0.2, 0.25) is 0 Å². The number of methoxy groups -OCH3 is 1. The fourth-order valence-electron chi connectivity index (χ4n) is 2.45. The van der Waals surface area contributed by atoms with Crippen LogP contribution in [0.2, 0.25) is 0 Å². The summed E-state index contributed by atoms with van der Waals surface area (Å²) in [5.41, 5.74) is -0.198. The van der Waals surface area contributed by atoms with E-state index in [2.05, 4.69) is 10.4 Å². The highest BCUT2D eigenvalue weighted by Crippen LogP contribution is 2.25. The van der Waals surface area contributed by atoms with Gasteiger partial charge in [-0.2, -0.15) is 9.78 Å². The number of ether oxygens (including phenoxy) is 2. The Morgan fingerprint density at radius 2 is 1.76 bits per heavy atom. The third kappa shape index (κ3) is 5.02. The van der Waals surface area contributed by atoms with Gasteiger partial charge in [-0.25, -0.2) is 8.78 Å². The van der Waals surface area contributed by atoms with E-state index in [1.54, 1.807) is 0 Å². The second kappa shape index (κ2) is 9.07. The molecule has 1 amide bonds. The molecule has 0 aliphatic heterocycles. The standard InChI is InChI=1S/C20H17F2N3O4/c1-28-10-11-29-18-8-4-14(22)12-17(18)23-20(27)16-7-9-19(26)25(24-16)15-5-2-13(21)3-6-15/h2-9,12H,10-11H2,1H3,(H,23,27). The minimum atomic E-state index is -0.678. The number of hydrogen-bond acceptors (Lipinski definition) is 5. The van der Waals surface area contributed by atoms with Crippen LogP contribution in [0.15, 0.2) is 59.4 Å². The van der Waals surface area contributed by atoms with E-state index in [-0.39, 0.29) is 23.7 Å². The van der Waals surface area contributed by atoms with Gasteiger partial charge in [0.25, 0.3) is 11.5 Å². The van der Waals surface area contributed by atoms with Crippen LogP contribution in [0.4, 0.5) is 14.5 Å². The van der Waals surface area contributed by atoms with Crippen molar-refractivity contribution in [3.63, 3.8) is 0 Å². The van der Waals surface area contributed by atoms with Crippen molar-refractivity contribution in [2.24, 2.45) is 0 Å². The number of aromatic nitrogens is 2. The van der Waals surface area contributed by atoms with E-state index in [1.807, 2.05) is 0 Å². The Hall–Kier alpha value is -3.59. The molecule has 9 heteroatoms. The van der Waals surface area contributed by atoms with Crippen LogP contribution >= 0.6 is 0 Å². The van der Waals surface area contributed by atoms with Crippen LogP contribution in [0.1, 0.15) is 10.5 Å². The van der Waals surface area contributed by atoms with Gasteiger partial charge in [-0.15, -0.1) is 0 Å². The molecule has 1 N–H and O–H groups in total. The second-order valence-corrected chi connectivity index (χ2v) is 5.88. The number of anilines is 1. The van der Waals surface area contributed by atoms with Crippen LogP contribution < -0.4 is 15.6 Å². The van der Waals surface area contributed by atoms with E-state index in [0.717, 1.165) is 16.8 Å². The lowest BCUT2D eigenvalue weighted by atomic mass is 10.2. The Balaban J connectivity index is 1.86. The van der Waals surface area contributed by atoms with Gasteiger partial charge in [-0.05, 0) is 42.5 Å². The predicted octanol–water partition coefficient (Wildman–Crippen LogP) is 2.79. The topological polar surface area (TPSA) is 82.5 Å². The molecule has 150 valence electrons. The molecule has 0 atom stereocenters. The van der Waals surface area contributed by atoms with Crippen molar-refractivity contribution in [1.29, 1.82) is 0 Å². The summed E-state index contributed by atoms with van der Waals surface area (Å²) in [7, 11) is 1.51. The number of halogens is 2. The SMILES string of the molecule is COCCOc1ccc(F)cc1NC(=O)c1ccc(=O)n(-c2ccc(F)cc2)n1. The van der Waals surface area contributed by atoms with E-state index in [9.17, 15) is 18.4 Å². The number of carbonyl (C=O) groups is 1. The highest BCUT2D eigenvalue weighted by molar-refractivity contribution is 6.03. The number of amides is 1. The molecule has 0 aliphatic carbocycles. The summed E-state index contributed by atoms with van der Waals surface area (Å²) in [6.07, 6.45) is 0. The molecule has 0 radical (unpaired) electrons. The second-order valence-electron chi connectivity index (χ2n) is 5.88. The summed E-state index contributed by atoms with van der Waals surface area (Å²) in [5, 5.41) is 6.53. The fourth-order valence-corrected chi connectivity index (χ4v) is 2.45. The van der Waals surface area contributed by atoms with Crippen molar-refractivity contribution in [3.8, 4) is 11.4 Å². The van der Waals surface area contributed by atoms with Gasteiger partial charge < -0.3 is 14.8 Å². The zero-order chi connectivity index (χ0) is 20.8. The molecule has 0 unspecified atom stereocenters. The summed E-state index contributed by atoms with van der Waals surface area (Å²) in [6, 6.07) is 11.2. The summed E-state index contributed by atoms with van der Waals surface area (Å²) >= 11 is 0. The number of nitrogens with one attached hydrogen (secondary N) is 1. The smallest absolute Gasteiger partial charge is 0.276 e. The van der Waals surface area contributed by atoms with E-state index in [4.69, 9.17) is 9.47 Å². The first-order valence-corrected chi connectivity index (χ1v) is 8.57. The van der Waals surface area contributed by atoms with Gasteiger partial charge in [0.1, 0.15) is 29.7 Å². The first kappa shape index (κ1) is 20.2. The summed E-state index contributed by atoms with van der Waals surface area (Å²) in [5.74, 6) is -1.46. The molecule has 1 heterocycles. The Morgan fingerprint density at radius 1 is 1.03 bits per heavy atom. The molecule has 0 aliphatic rings. The van der Waals surface area contributed by atoms with Crippen LogP contribution in [0.5, 0.6) is 5.75 Å². The Bertz CT molecular complexity index is 1070. The van der Waals surface area contributed by atoms with Crippen LogP contribution in [-0.4, -0.2) is 36.0 Å². The normalized spacial score (nSPS) is 10.6. The summed E-state index contributed by atoms with van der Waals surface area (Å²) in [4.78, 5) is 24.7. The van der Waals surface area contributed by atoms with Crippen molar-refractivity contribution in [2.45, 2.75) is 0 Å². The van der Waals surface area contributed by atoms with Crippen LogP contribution in [0.25, 0.3) is 5.69 Å². The molecule has 0 saturated carbocycles. The van der Waals surface area contributed by atoms with Gasteiger partial charge in [0.15, 0.2) is 0 Å². The van der Waals surface area contributed by atoms with E-state index in [1.165, 1.54) is 49.6 Å². The maximum Gasteiger partial charge on any atom is 0.276 e. The van der Waals surface area contributed by atoms with Crippen molar-refractivity contribution in [2.75, 3.05) is 25.6 Å². The average Bonchev–Trinajstić information content (AvgIpc) is 2.71. The number of carbonyl (C=O) groups excluding carboxylic acids is 1. The maximum atomic E-state index is 13.6. The summed E-state index contributed by atoms with van der Waals surface area (Å²) < 4.78 is 38.1. The van der Waals surface area contributed by atoms with Gasteiger partial charge in [0.05, 0.1) is 18.0 Å². The first-order valence-electron chi connectivity index (χ1n) is 8.57. The molecule has 3 rings (SSSR count). The zero-order valence-corrected chi connectivity index (χ0v) is 15.4. The largest absolute Gasteiger partial charge is 0.489 e. The lowest BCUT2D eigenvalue weighted by Gasteiger charge is -2.13. The molecular formula is C20H17F2N3O4.